The van der Waals surface area contributed by atoms with Crippen molar-refractivity contribution in [2.75, 3.05) is 18.5 Å². The van der Waals surface area contributed by atoms with Crippen molar-refractivity contribution in [3.63, 3.8) is 0 Å². The van der Waals surface area contributed by atoms with Crippen molar-refractivity contribution in [2.24, 2.45) is 5.92 Å². The van der Waals surface area contributed by atoms with E-state index in [0.29, 0.717) is 47.3 Å². The molecule has 8 heteroatoms. The van der Waals surface area contributed by atoms with Crippen LogP contribution in [0, 0.1) is 23.1 Å². The first-order chi connectivity index (χ1) is 15.9. The van der Waals surface area contributed by atoms with Gasteiger partial charge in [0, 0.05) is 35.3 Å². The summed E-state index contributed by atoms with van der Waals surface area (Å²) >= 11 is 0. The van der Waals surface area contributed by atoms with Crippen LogP contribution in [0.4, 0.5) is 14.9 Å². The van der Waals surface area contributed by atoms with Crippen LogP contribution in [0.5, 0.6) is 0 Å². The Labute approximate surface area is 190 Å². The maximum atomic E-state index is 13.7. The highest BCUT2D eigenvalue weighted by Crippen LogP contribution is 2.29. The zero-order chi connectivity index (χ0) is 23.5. The summed E-state index contributed by atoms with van der Waals surface area (Å²) in [5, 5.41) is 12.5. The lowest BCUT2D eigenvalue weighted by molar-refractivity contribution is 0.0870. The van der Waals surface area contributed by atoms with Crippen molar-refractivity contribution in [3.8, 4) is 6.07 Å². The first-order valence-corrected chi connectivity index (χ1v) is 10.7. The second-order valence-electron chi connectivity index (χ2n) is 8.33. The molecule has 0 bridgehead atoms. The largest absolute Gasteiger partial charge is 0.449 e. The molecular formula is C25H23FN4O3. The smallest absolute Gasteiger partial charge is 0.410 e. The lowest BCUT2D eigenvalue weighted by Gasteiger charge is -2.29. The van der Waals surface area contributed by atoms with E-state index in [1.165, 1.54) is 12.1 Å². The molecule has 1 N–H and O–H groups in total. The number of hydrogen-bond acceptors (Lipinski definition) is 5. The quantitative estimate of drug-likeness (QED) is 0.630. The summed E-state index contributed by atoms with van der Waals surface area (Å²) in [5.41, 5.74) is 2.63. The van der Waals surface area contributed by atoms with Gasteiger partial charge in [-0.15, -0.1) is 0 Å². The molecule has 3 aromatic rings. The average Bonchev–Trinajstić information content (AvgIpc) is 2.81. The number of para-hydroxylation sites is 1. The van der Waals surface area contributed by atoms with E-state index in [1.807, 2.05) is 32.0 Å². The summed E-state index contributed by atoms with van der Waals surface area (Å²) in [6.45, 7) is 4.88. The van der Waals surface area contributed by atoms with Crippen molar-refractivity contribution < 1.29 is 18.7 Å². The predicted octanol–water partition coefficient (Wildman–Crippen LogP) is 4.65. The van der Waals surface area contributed by atoms with Gasteiger partial charge in [-0.2, -0.15) is 5.26 Å². The fourth-order valence-corrected chi connectivity index (χ4v) is 3.82. The summed E-state index contributed by atoms with van der Waals surface area (Å²) in [6.07, 6.45) is 0.0675. The summed E-state index contributed by atoms with van der Waals surface area (Å²) in [7, 11) is 0. The van der Waals surface area contributed by atoms with Gasteiger partial charge in [-0.1, -0.05) is 32.0 Å². The van der Waals surface area contributed by atoms with Crippen LogP contribution in [0.25, 0.3) is 10.9 Å². The lowest BCUT2D eigenvalue weighted by atomic mass is 9.95. The highest BCUT2D eigenvalue weighted by molar-refractivity contribution is 6.13. The molecule has 0 saturated heterocycles. The first kappa shape index (κ1) is 22.2. The average molecular weight is 446 g/mol. The number of fused-ring (bicyclic) bond motifs is 2. The predicted molar refractivity (Wildman–Crippen MR) is 121 cm³/mol. The molecule has 33 heavy (non-hydrogen) atoms. The van der Waals surface area contributed by atoms with Crippen molar-refractivity contribution in [3.05, 3.63) is 70.7 Å². The molecule has 1 aliphatic rings. The van der Waals surface area contributed by atoms with Crippen LogP contribution in [-0.2, 0) is 17.7 Å². The van der Waals surface area contributed by atoms with Crippen LogP contribution in [-0.4, -0.2) is 35.0 Å². The summed E-state index contributed by atoms with van der Waals surface area (Å²) in [5.74, 6) is -0.859. The molecule has 0 aliphatic carbocycles. The minimum absolute atomic E-state index is 0.159. The van der Waals surface area contributed by atoms with E-state index < -0.39 is 17.8 Å². The number of anilines is 1. The Morgan fingerprint density at radius 3 is 2.82 bits per heavy atom. The molecule has 1 aliphatic heterocycles. The number of halogens is 1. The number of carbonyl (C=O) groups excluding carboxylic acids is 2. The van der Waals surface area contributed by atoms with Gasteiger partial charge in [-0.3, -0.25) is 9.78 Å². The van der Waals surface area contributed by atoms with Crippen LogP contribution in [0.1, 0.15) is 41.0 Å². The Kier molecular flexibility index (Phi) is 6.22. The Balaban J connectivity index is 1.71. The number of carbonyl (C=O) groups is 2. The maximum absolute atomic E-state index is 13.7. The minimum Gasteiger partial charge on any atom is -0.449 e. The van der Waals surface area contributed by atoms with Gasteiger partial charge >= 0.3 is 6.09 Å². The molecule has 0 fully saturated rings. The second-order valence-corrected chi connectivity index (χ2v) is 8.33. The number of hydrogen-bond donors (Lipinski definition) is 1. The Morgan fingerprint density at radius 1 is 1.27 bits per heavy atom. The number of nitrogens with one attached hydrogen (secondary N) is 1. The van der Waals surface area contributed by atoms with Crippen molar-refractivity contribution in [1.29, 1.82) is 5.26 Å². The van der Waals surface area contributed by atoms with E-state index in [4.69, 9.17) is 15.0 Å². The molecule has 4 rings (SSSR count). The first-order valence-electron chi connectivity index (χ1n) is 10.7. The Hall–Kier alpha value is -3.99. The minimum atomic E-state index is -0.655. The normalized spacial score (nSPS) is 12.9. The van der Waals surface area contributed by atoms with E-state index in [9.17, 15) is 14.0 Å². The zero-order valence-corrected chi connectivity index (χ0v) is 18.4. The molecular weight excluding hydrogens is 423 g/mol. The van der Waals surface area contributed by atoms with Crippen LogP contribution >= 0.6 is 0 Å². The van der Waals surface area contributed by atoms with Crippen LogP contribution in [0.2, 0.25) is 0 Å². The number of aromatic nitrogens is 1. The number of rotatable bonds is 4. The monoisotopic (exact) mass is 446 g/mol. The number of nitriles is 1. The van der Waals surface area contributed by atoms with Crippen LogP contribution in [0.15, 0.2) is 42.5 Å². The van der Waals surface area contributed by atoms with Gasteiger partial charge in [0.2, 0.25) is 0 Å². The molecule has 168 valence electrons. The van der Waals surface area contributed by atoms with Gasteiger partial charge in [-0.05, 0) is 30.2 Å². The third-order valence-corrected chi connectivity index (χ3v) is 5.42. The molecule has 7 nitrogen and oxygen atoms in total. The molecule has 1 aromatic heterocycles. The Morgan fingerprint density at radius 2 is 2.06 bits per heavy atom. The number of benzene rings is 2. The highest BCUT2D eigenvalue weighted by atomic mass is 19.1. The van der Waals surface area contributed by atoms with Gasteiger partial charge in [0.25, 0.3) is 5.91 Å². The standard InChI is InChI=1S/C25H23FN4O3/c1-15(2)14-33-25(32)30-10-9-22-19(13-30)23(18-5-3-4-6-21(18)29-22)24(31)28-17-7-8-20(26)16(11-17)12-27/h3-8,11,15H,9-10,13-14H2,1-2H3,(H,28,31). The summed E-state index contributed by atoms with van der Waals surface area (Å²) in [4.78, 5) is 32.3. The molecule has 0 unspecified atom stereocenters. The Bertz CT molecular complexity index is 1280. The summed E-state index contributed by atoms with van der Waals surface area (Å²) in [6, 6.07) is 12.9. The molecule has 2 heterocycles. The van der Waals surface area contributed by atoms with Crippen LogP contribution < -0.4 is 5.32 Å². The molecule has 0 atom stereocenters. The molecule has 0 radical (unpaired) electrons. The van der Waals surface area contributed by atoms with Crippen molar-refractivity contribution in [2.45, 2.75) is 26.8 Å². The fourth-order valence-electron chi connectivity index (χ4n) is 3.82. The topological polar surface area (TPSA) is 95.3 Å². The number of amides is 2. The van der Waals surface area contributed by atoms with Crippen LogP contribution in [0.3, 0.4) is 0 Å². The number of pyridine rings is 1. The third kappa shape index (κ3) is 4.62. The van der Waals surface area contributed by atoms with Gasteiger partial charge in [0.05, 0.1) is 29.8 Å². The van der Waals surface area contributed by atoms with Gasteiger partial charge < -0.3 is 15.0 Å². The van der Waals surface area contributed by atoms with Crippen molar-refractivity contribution in [1.82, 2.24) is 9.88 Å². The molecule has 0 saturated carbocycles. The molecule has 2 amide bonds. The van der Waals surface area contributed by atoms with Gasteiger partial charge in [0.15, 0.2) is 0 Å². The molecule has 2 aromatic carbocycles. The van der Waals surface area contributed by atoms with E-state index in [1.54, 1.807) is 17.0 Å². The van der Waals surface area contributed by atoms with E-state index in [0.717, 1.165) is 11.8 Å². The fraction of sp³-hybridized carbons (Fsp3) is 0.280. The SMILES string of the molecule is CC(C)COC(=O)N1CCc2nc3ccccc3c(C(=O)Nc3ccc(F)c(C#N)c3)c2C1. The summed E-state index contributed by atoms with van der Waals surface area (Å²) < 4.78 is 19.1. The van der Waals surface area contributed by atoms with Gasteiger partial charge in [-0.25, -0.2) is 9.18 Å². The van der Waals surface area contributed by atoms with E-state index in [-0.39, 0.29) is 18.0 Å². The van der Waals surface area contributed by atoms with Gasteiger partial charge in [0.1, 0.15) is 11.9 Å². The van der Waals surface area contributed by atoms with E-state index >= 15 is 0 Å². The third-order valence-electron chi connectivity index (χ3n) is 5.42. The second kappa shape index (κ2) is 9.25. The zero-order valence-electron chi connectivity index (χ0n) is 18.4. The number of ether oxygens (including phenoxy) is 1. The number of nitrogens with zero attached hydrogens (tertiary/aromatic N) is 3. The van der Waals surface area contributed by atoms with Crippen molar-refractivity contribution >= 4 is 28.6 Å². The lowest BCUT2D eigenvalue weighted by Crippen LogP contribution is -2.38. The molecule has 0 spiro atoms. The van der Waals surface area contributed by atoms with E-state index in [2.05, 4.69) is 5.32 Å². The maximum Gasteiger partial charge on any atom is 0.410 e. The highest BCUT2D eigenvalue weighted by Gasteiger charge is 2.29.